The number of fused-ring (bicyclic) bond motifs is 9. The van der Waals surface area contributed by atoms with Gasteiger partial charge in [0, 0.05) is 16.9 Å². The zero-order valence-electron chi connectivity index (χ0n) is 19.1. The molecular formula is C32H26O. The highest BCUT2D eigenvalue weighted by Gasteiger charge is 2.27. The van der Waals surface area contributed by atoms with Crippen molar-refractivity contribution >= 4 is 44.2 Å². The average molecular weight is 427 g/mol. The Labute approximate surface area is 194 Å². The SMILES string of the molecule is Cc1cccc2oc3c(c12)C(c1ccc2c(c1)c1c(c4ccccc42)CCC=C1)=CCC3C. The van der Waals surface area contributed by atoms with E-state index < -0.39 is 0 Å². The normalized spacial score (nSPS) is 17.4. The second-order valence-corrected chi connectivity index (χ2v) is 9.68. The van der Waals surface area contributed by atoms with E-state index in [1.54, 1.807) is 0 Å². The van der Waals surface area contributed by atoms with Crippen LogP contribution in [-0.4, -0.2) is 0 Å². The summed E-state index contributed by atoms with van der Waals surface area (Å²) in [7, 11) is 0. The molecular weight excluding hydrogens is 400 g/mol. The molecule has 0 N–H and O–H groups in total. The van der Waals surface area contributed by atoms with Crippen molar-refractivity contribution in [1.29, 1.82) is 0 Å². The van der Waals surface area contributed by atoms with Gasteiger partial charge in [-0.05, 0) is 87.7 Å². The number of benzene rings is 4. The minimum atomic E-state index is 0.399. The average Bonchev–Trinajstić information content (AvgIpc) is 3.26. The van der Waals surface area contributed by atoms with Crippen molar-refractivity contribution in [3.8, 4) is 0 Å². The molecule has 1 nitrogen and oxygen atoms in total. The van der Waals surface area contributed by atoms with Gasteiger partial charge in [-0.3, -0.25) is 0 Å². The maximum absolute atomic E-state index is 6.42. The molecule has 0 saturated heterocycles. The van der Waals surface area contributed by atoms with E-state index in [0.29, 0.717) is 5.92 Å². The summed E-state index contributed by atoms with van der Waals surface area (Å²) in [4.78, 5) is 0. The van der Waals surface area contributed by atoms with E-state index in [-0.39, 0.29) is 0 Å². The third-order valence-corrected chi connectivity index (χ3v) is 7.68. The summed E-state index contributed by atoms with van der Waals surface area (Å²) in [5, 5.41) is 6.75. The molecule has 4 aromatic carbocycles. The molecule has 0 fully saturated rings. The third kappa shape index (κ3) is 2.66. The van der Waals surface area contributed by atoms with Crippen LogP contribution in [0.5, 0.6) is 0 Å². The Balaban J connectivity index is 1.53. The van der Waals surface area contributed by atoms with Crippen molar-refractivity contribution in [2.24, 2.45) is 0 Å². The highest BCUT2D eigenvalue weighted by Crippen LogP contribution is 2.46. The van der Waals surface area contributed by atoms with Gasteiger partial charge < -0.3 is 4.42 Å². The predicted octanol–water partition coefficient (Wildman–Crippen LogP) is 8.95. The minimum Gasteiger partial charge on any atom is -0.460 e. The van der Waals surface area contributed by atoms with Gasteiger partial charge in [0.15, 0.2) is 0 Å². The van der Waals surface area contributed by atoms with Gasteiger partial charge in [0.05, 0.1) is 0 Å². The molecule has 1 atom stereocenters. The summed E-state index contributed by atoms with van der Waals surface area (Å²) in [6.07, 6.45) is 10.3. The van der Waals surface area contributed by atoms with Crippen molar-refractivity contribution in [3.63, 3.8) is 0 Å². The zero-order chi connectivity index (χ0) is 22.1. The Morgan fingerprint density at radius 3 is 2.64 bits per heavy atom. The maximum Gasteiger partial charge on any atom is 0.135 e. The Bertz CT molecular complexity index is 1660. The zero-order valence-corrected chi connectivity index (χ0v) is 19.1. The molecule has 0 bridgehead atoms. The molecule has 2 aliphatic carbocycles. The van der Waals surface area contributed by atoms with Crippen molar-refractivity contribution in [2.45, 2.75) is 39.0 Å². The second-order valence-electron chi connectivity index (χ2n) is 9.68. The van der Waals surface area contributed by atoms with Gasteiger partial charge >= 0.3 is 0 Å². The van der Waals surface area contributed by atoms with Crippen molar-refractivity contribution in [1.82, 2.24) is 0 Å². The van der Waals surface area contributed by atoms with Gasteiger partial charge in [-0.15, -0.1) is 0 Å². The molecule has 0 amide bonds. The first-order valence-electron chi connectivity index (χ1n) is 12.1. The lowest BCUT2D eigenvalue weighted by atomic mass is 9.82. The van der Waals surface area contributed by atoms with Crippen LogP contribution in [0.3, 0.4) is 0 Å². The largest absolute Gasteiger partial charge is 0.460 e. The van der Waals surface area contributed by atoms with Crippen LogP contribution < -0.4 is 0 Å². The molecule has 0 radical (unpaired) electrons. The van der Waals surface area contributed by atoms with E-state index in [0.717, 1.165) is 30.6 Å². The van der Waals surface area contributed by atoms with E-state index >= 15 is 0 Å². The highest BCUT2D eigenvalue weighted by molar-refractivity contribution is 6.14. The van der Waals surface area contributed by atoms with Crippen LogP contribution in [0.1, 0.15) is 59.3 Å². The molecule has 7 rings (SSSR count). The van der Waals surface area contributed by atoms with Crippen LogP contribution in [0.2, 0.25) is 0 Å². The summed E-state index contributed by atoms with van der Waals surface area (Å²) >= 11 is 0. The van der Waals surface area contributed by atoms with E-state index in [4.69, 9.17) is 4.42 Å². The van der Waals surface area contributed by atoms with Crippen LogP contribution in [0.25, 0.3) is 44.2 Å². The number of aryl methyl sites for hydroxylation is 2. The first-order chi connectivity index (χ1) is 16.2. The van der Waals surface area contributed by atoms with Crippen LogP contribution in [0.4, 0.5) is 0 Å². The Morgan fingerprint density at radius 1 is 0.879 bits per heavy atom. The van der Waals surface area contributed by atoms with Crippen LogP contribution >= 0.6 is 0 Å². The second kappa shape index (κ2) is 6.96. The molecule has 160 valence electrons. The lowest BCUT2D eigenvalue weighted by molar-refractivity contribution is 0.503. The monoisotopic (exact) mass is 426 g/mol. The minimum absolute atomic E-state index is 0.399. The van der Waals surface area contributed by atoms with Gasteiger partial charge in [-0.25, -0.2) is 0 Å². The lowest BCUT2D eigenvalue weighted by Gasteiger charge is -2.21. The van der Waals surface area contributed by atoms with Crippen molar-refractivity contribution in [3.05, 3.63) is 106 Å². The van der Waals surface area contributed by atoms with Crippen molar-refractivity contribution < 1.29 is 4.42 Å². The number of hydrogen-bond donors (Lipinski definition) is 0. The maximum atomic E-state index is 6.42. The standard InChI is InChI=1S/C32H26O/c1-19-8-7-13-29-30(19)31-22(16-14-20(2)32(31)33-29)21-15-17-27-25-11-4-3-9-23(25)24-10-5-6-12-26(24)28(27)18-21/h3-4,6-9,11-13,15-18,20H,5,10,14H2,1-2H3. The third-order valence-electron chi connectivity index (χ3n) is 7.68. The predicted molar refractivity (Wildman–Crippen MR) is 140 cm³/mol. The van der Waals surface area contributed by atoms with E-state index in [9.17, 15) is 0 Å². The number of rotatable bonds is 1. The molecule has 1 unspecified atom stereocenters. The van der Waals surface area contributed by atoms with E-state index in [1.807, 2.05) is 0 Å². The van der Waals surface area contributed by atoms with Gasteiger partial charge in [-0.2, -0.15) is 0 Å². The topological polar surface area (TPSA) is 13.1 Å². The molecule has 0 aliphatic heterocycles. The first-order valence-corrected chi connectivity index (χ1v) is 12.1. The number of furan rings is 1. The summed E-state index contributed by atoms with van der Waals surface area (Å²) < 4.78 is 6.42. The van der Waals surface area contributed by atoms with E-state index in [1.165, 1.54) is 60.3 Å². The summed E-state index contributed by atoms with van der Waals surface area (Å²) in [5.41, 5.74) is 9.09. The summed E-state index contributed by atoms with van der Waals surface area (Å²) in [6.45, 7) is 4.47. The Hall–Kier alpha value is -3.58. The number of allylic oxidation sites excluding steroid dienone is 2. The molecule has 1 heteroatoms. The van der Waals surface area contributed by atoms with Crippen LogP contribution in [0, 0.1) is 6.92 Å². The molecule has 33 heavy (non-hydrogen) atoms. The molecule has 1 aromatic heterocycles. The Morgan fingerprint density at radius 2 is 1.73 bits per heavy atom. The quantitative estimate of drug-likeness (QED) is 0.244. The van der Waals surface area contributed by atoms with Gasteiger partial charge in [0.2, 0.25) is 0 Å². The highest BCUT2D eigenvalue weighted by atomic mass is 16.3. The molecule has 0 spiro atoms. The van der Waals surface area contributed by atoms with Crippen LogP contribution in [-0.2, 0) is 6.42 Å². The molecule has 5 aromatic rings. The fourth-order valence-electron chi connectivity index (χ4n) is 6.07. The molecule has 1 heterocycles. The fraction of sp³-hybridized carbons (Fsp3) is 0.188. The smallest absolute Gasteiger partial charge is 0.135 e. The van der Waals surface area contributed by atoms with Gasteiger partial charge in [0.25, 0.3) is 0 Å². The van der Waals surface area contributed by atoms with E-state index in [2.05, 4.69) is 92.7 Å². The fourth-order valence-corrected chi connectivity index (χ4v) is 6.07. The lowest BCUT2D eigenvalue weighted by Crippen LogP contribution is -2.03. The van der Waals surface area contributed by atoms with Crippen molar-refractivity contribution in [2.75, 3.05) is 0 Å². The summed E-state index contributed by atoms with van der Waals surface area (Å²) in [6, 6.07) is 22.4. The molecule has 2 aliphatic rings. The number of hydrogen-bond acceptors (Lipinski definition) is 1. The van der Waals surface area contributed by atoms with Gasteiger partial charge in [-0.1, -0.05) is 73.7 Å². The molecule has 0 saturated carbocycles. The Kier molecular flexibility index (Phi) is 3.99. The summed E-state index contributed by atoms with van der Waals surface area (Å²) in [5.74, 6) is 1.54. The van der Waals surface area contributed by atoms with Gasteiger partial charge in [0.1, 0.15) is 11.3 Å². The van der Waals surface area contributed by atoms with Crippen LogP contribution in [0.15, 0.2) is 77.2 Å². The first kappa shape index (κ1) is 18.9.